The number of ether oxygens (including phenoxy) is 1. The smallest absolute Gasteiger partial charge is 0.341 e. The molecule has 0 fully saturated rings. The number of hydrogen-bond donors (Lipinski definition) is 3. The van der Waals surface area contributed by atoms with E-state index in [0.29, 0.717) is 38.3 Å². The van der Waals surface area contributed by atoms with Crippen molar-refractivity contribution in [3.63, 3.8) is 0 Å². The lowest BCUT2D eigenvalue weighted by Gasteiger charge is -2.18. The van der Waals surface area contributed by atoms with Crippen LogP contribution in [-0.2, 0) is 27.2 Å². The summed E-state index contributed by atoms with van der Waals surface area (Å²) < 4.78 is 5.32. The molecule has 0 spiro atoms. The molecule has 1 aromatic heterocycles. The van der Waals surface area contributed by atoms with Crippen LogP contribution in [-0.4, -0.2) is 36.1 Å². The van der Waals surface area contributed by atoms with Crippen molar-refractivity contribution in [2.75, 3.05) is 23.0 Å². The average molecular weight is 688 g/mol. The number of benzene rings is 3. The maximum absolute atomic E-state index is 13.5. The van der Waals surface area contributed by atoms with Gasteiger partial charge >= 0.3 is 5.97 Å². The van der Waals surface area contributed by atoms with Gasteiger partial charge in [-0.15, -0.1) is 23.1 Å². The largest absolute Gasteiger partial charge is 0.462 e. The first-order chi connectivity index (χ1) is 22.7. The molecule has 3 N–H and O–H groups in total. The molecular weight excluding hydrogens is 654 g/mol. The molecule has 5 rings (SSSR count). The molecule has 1 unspecified atom stereocenters. The van der Waals surface area contributed by atoms with Crippen LogP contribution in [0, 0.1) is 5.92 Å². The maximum Gasteiger partial charge on any atom is 0.341 e. The van der Waals surface area contributed by atoms with Crippen molar-refractivity contribution in [1.82, 2.24) is 5.32 Å². The minimum atomic E-state index is -0.545. The molecule has 11 heteroatoms. The van der Waals surface area contributed by atoms with Gasteiger partial charge in [-0.2, -0.15) is 0 Å². The van der Waals surface area contributed by atoms with Crippen molar-refractivity contribution in [3.05, 3.63) is 117 Å². The van der Waals surface area contributed by atoms with Crippen LogP contribution < -0.4 is 16.0 Å². The van der Waals surface area contributed by atoms with Gasteiger partial charge in [0.2, 0.25) is 5.91 Å². The Hall–Kier alpha value is -4.38. The Labute approximate surface area is 286 Å². The van der Waals surface area contributed by atoms with E-state index in [2.05, 4.69) is 22.9 Å². The van der Waals surface area contributed by atoms with E-state index in [1.807, 2.05) is 6.07 Å². The quantitative estimate of drug-likeness (QED) is 0.0841. The summed E-state index contributed by atoms with van der Waals surface area (Å²) in [6, 6.07) is 22.7. The summed E-state index contributed by atoms with van der Waals surface area (Å²) in [6.07, 6.45) is 4.17. The Morgan fingerprint density at radius 1 is 1.00 bits per heavy atom. The second kappa shape index (κ2) is 15.9. The van der Waals surface area contributed by atoms with Crippen molar-refractivity contribution in [2.24, 2.45) is 5.92 Å². The van der Waals surface area contributed by atoms with Crippen molar-refractivity contribution in [2.45, 2.75) is 38.0 Å². The van der Waals surface area contributed by atoms with Gasteiger partial charge < -0.3 is 20.7 Å². The highest BCUT2D eigenvalue weighted by Gasteiger charge is 2.29. The van der Waals surface area contributed by atoms with Gasteiger partial charge in [0.1, 0.15) is 10.7 Å². The molecule has 242 valence electrons. The first-order valence-corrected chi connectivity index (χ1v) is 17.4. The lowest BCUT2D eigenvalue weighted by Crippen LogP contribution is -2.30. The maximum atomic E-state index is 13.5. The third-order valence-electron chi connectivity index (χ3n) is 7.44. The molecule has 1 atom stereocenters. The molecule has 3 amide bonds. The van der Waals surface area contributed by atoms with E-state index in [4.69, 9.17) is 16.3 Å². The molecule has 4 aromatic rings. The van der Waals surface area contributed by atoms with E-state index in [9.17, 15) is 19.2 Å². The van der Waals surface area contributed by atoms with E-state index in [1.165, 1.54) is 29.2 Å². The molecule has 47 heavy (non-hydrogen) atoms. The Balaban J connectivity index is 1.27. The second-order valence-electron chi connectivity index (χ2n) is 11.0. The normalized spacial score (nSPS) is 14.1. The van der Waals surface area contributed by atoms with E-state index >= 15 is 0 Å². The molecule has 3 aromatic carbocycles. The Kier molecular flexibility index (Phi) is 11.5. The van der Waals surface area contributed by atoms with Gasteiger partial charge in [-0.1, -0.05) is 61.0 Å². The number of halogens is 1. The summed E-state index contributed by atoms with van der Waals surface area (Å²) in [6.45, 7) is 4.21. The van der Waals surface area contributed by atoms with Crippen LogP contribution in [0.4, 0.5) is 10.7 Å². The number of fused-ring (bicyclic) bond motifs is 1. The zero-order chi connectivity index (χ0) is 33.3. The number of carbonyl (C=O) groups is 4. The van der Waals surface area contributed by atoms with Gasteiger partial charge in [-0.05, 0) is 85.7 Å². The number of hydrogen-bond acceptors (Lipinski definition) is 7. The summed E-state index contributed by atoms with van der Waals surface area (Å²) in [5.41, 5.74) is 2.91. The molecule has 0 radical (unpaired) electrons. The molecule has 8 nitrogen and oxygen atoms in total. The number of carbonyl (C=O) groups excluding carboxylic acids is 4. The predicted molar refractivity (Wildman–Crippen MR) is 189 cm³/mol. The monoisotopic (exact) mass is 687 g/mol. The second-order valence-corrected chi connectivity index (χ2v) is 13.6. The molecule has 0 bridgehead atoms. The summed E-state index contributed by atoms with van der Waals surface area (Å²) in [4.78, 5) is 54.2. The number of anilines is 2. The van der Waals surface area contributed by atoms with Crippen LogP contribution in [0.1, 0.15) is 57.0 Å². The van der Waals surface area contributed by atoms with Crippen LogP contribution in [0.15, 0.2) is 89.5 Å². The average Bonchev–Trinajstić information content (AvgIpc) is 3.41. The molecule has 0 saturated carbocycles. The number of amides is 3. The highest BCUT2D eigenvalue weighted by Crippen LogP contribution is 2.40. The molecule has 1 aliphatic rings. The highest BCUT2D eigenvalue weighted by atomic mass is 35.5. The van der Waals surface area contributed by atoms with Crippen LogP contribution in [0.3, 0.4) is 0 Å². The topological polar surface area (TPSA) is 114 Å². The number of thiophene rings is 1. The number of thioether (sulfide) groups is 1. The van der Waals surface area contributed by atoms with Gasteiger partial charge in [0.25, 0.3) is 11.8 Å². The Bertz CT molecular complexity index is 1820. The third kappa shape index (κ3) is 8.91. The molecule has 1 heterocycles. The Morgan fingerprint density at radius 3 is 2.53 bits per heavy atom. The van der Waals surface area contributed by atoms with Crippen molar-refractivity contribution in [1.29, 1.82) is 0 Å². The van der Waals surface area contributed by atoms with Crippen molar-refractivity contribution >= 4 is 75.2 Å². The first-order valence-electron chi connectivity index (χ1n) is 15.2. The fourth-order valence-electron chi connectivity index (χ4n) is 5.12. The summed E-state index contributed by atoms with van der Waals surface area (Å²) >= 11 is 9.09. The molecule has 0 saturated heterocycles. The third-order valence-corrected chi connectivity index (χ3v) is 9.95. The van der Waals surface area contributed by atoms with Crippen molar-refractivity contribution < 1.29 is 23.9 Å². The fraction of sp³-hybridized carbons (Fsp3) is 0.222. The van der Waals surface area contributed by atoms with Crippen LogP contribution in [0.25, 0.3) is 6.08 Å². The van der Waals surface area contributed by atoms with Crippen LogP contribution in [0.5, 0.6) is 0 Å². The van der Waals surface area contributed by atoms with Gasteiger partial charge in [0.05, 0.1) is 17.9 Å². The lowest BCUT2D eigenvalue weighted by atomic mass is 9.88. The van der Waals surface area contributed by atoms with Crippen LogP contribution >= 0.6 is 34.7 Å². The number of esters is 1. The standard InChI is InChI=1S/C36H34ClN3O5S2/c1-3-45-36(44)32-27-17-16-22(2)18-30(27)47-35(32)40-31(41)21-46-26-14-9-13-25(20-26)38-34(43)29(19-24-12-7-8-15-28(24)37)39-33(42)23-10-5-4-6-11-23/h4-15,19-20,22H,3,16-18,21H2,1-2H3,(H,38,43)(H,39,42)(H,40,41)/b29-19+. The van der Waals surface area contributed by atoms with E-state index in [1.54, 1.807) is 79.7 Å². The predicted octanol–water partition coefficient (Wildman–Crippen LogP) is 7.84. The van der Waals surface area contributed by atoms with E-state index in [0.717, 1.165) is 34.6 Å². The number of nitrogens with one attached hydrogen (secondary N) is 3. The van der Waals surface area contributed by atoms with Crippen LogP contribution in [0.2, 0.25) is 5.02 Å². The zero-order valence-electron chi connectivity index (χ0n) is 25.9. The summed E-state index contributed by atoms with van der Waals surface area (Å²) in [5.74, 6) is -1.04. The van der Waals surface area contributed by atoms with Crippen molar-refractivity contribution in [3.8, 4) is 0 Å². The van der Waals surface area contributed by atoms with Gasteiger partial charge in [0, 0.05) is 26.0 Å². The van der Waals surface area contributed by atoms with E-state index in [-0.39, 0.29) is 24.0 Å². The minimum Gasteiger partial charge on any atom is -0.462 e. The SMILES string of the molecule is CCOC(=O)c1c(NC(=O)CSc2cccc(NC(=O)/C(=C\c3ccccc3Cl)NC(=O)c3ccccc3)c2)sc2c1CCC(C)C2. The molecule has 1 aliphatic carbocycles. The van der Waals surface area contributed by atoms with Gasteiger partial charge in [-0.25, -0.2) is 4.79 Å². The molecule has 0 aliphatic heterocycles. The summed E-state index contributed by atoms with van der Waals surface area (Å²) in [7, 11) is 0. The minimum absolute atomic E-state index is 0.00910. The zero-order valence-corrected chi connectivity index (χ0v) is 28.3. The fourth-order valence-corrected chi connectivity index (χ4v) is 7.48. The Morgan fingerprint density at radius 2 is 1.77 bits per heavy atom. The van der Waals surface area contributed by atoms with Gasteiger partial charge in [0.15, 0.2) is 0 Å². The summed E-state index contributed by atoms with van der Waals surface area (Å²) in [5, 5.41) is 9.45. The number of rotatable bonds is 11. The molecular formula is C36H34ClN3O5S2. The highest BCUT2D eigenvalue weighted by molar-refractivity contribution is 8.00. The van der Waals surface area contributed by atoms with E-state index < -0.39 is 17.8 Å². The first kappa shape index (κ1) is 34.0. The lowest BCUT2D eigenvalue weighted by molar-refractivity contribution is -0.114. The van der Waals surface area contributed by atoms with Gasteiger partial charge in [-0.3, -0.25) is 14.4 Å².